The van der Waals surface area contributed by atoms with Crippen molar-refractivity contribution in [2.45, 2.75) is 43.0 Å². The lowest BCUT2D eigenvalue weighted by Gasteiger charge is -2.46. The molecule has 1 aliphatic heterocycles. The Morgan fingerprint density at radius 2 is 2.11 bits per heavy atom. The lowest BCUT2D eigenvalue weighted by molar-refractivity contribution is 0.104. The molecule has 0 radical (unpaired) electrons. The van der Waals surface area contributed by atoms with Crippen molar-refractivity contribution >= 4 is 11.8 Å². The zero-order chi connectivity index (χ0) is 12.6. The number of rotatable bonds is 3. The lowest BCUT2D eigenvalue weighted by atomic mass is 9.62. The molecule has 0 bridgehead atoms. The van der Waals surface area contributed by atoms with Gasteiger partial charge in [-0.2, -0.15) is 0 Å². The molecule has 1 aromatic rings. The normalized spacial score (nSPS) is 23.0. The van der Waals surface area contributed by atoms with Crippen LogP contribution >= 0.6 is 11.8 Å². The summed E-state index contributed by atoms with van der Waals surface area (Å²) in [5.41, 5.74) is 15.4. The summed E-state index contributed by atoms with van der Waals surface area (Å²) in [6.07, 6.45) is 6.16. The van der Waals surface area contributed by atoms with Gasteiger partial charge in [0.15, 0.2) is 0 Å². The first-order chi connectivity index (χ1) is 8.75. The molecular weight excluding hydrogens is 240 g/mol. The zero-order valence-electron chi connectivity index (χ0n) is 10.8. The molecule has 18 heavy (non-hydrogen) atoms. The summed E-state index contributed by atoms with van der Waals surface area (Å²) in [6, 6.07) is 6.94. The van der Waals surface area contributed by atoms with Gasteiger partial charge < -0.3 is 11.5 Å². The van der Waals surface area contributed by atoms with E-state index in [0.29, 0.717) is 0 Å². The topological polar surface area (TPSA) is 52.0 Å². The fourth-order valence-electron chi connectivity index (χ4n) is 3.20. The second-order valence-corrected chi connectivity index (χ2v) is 6.85. The van der Waals surface area contributed by atoms with E-state index in [-0.39, 0.29) is 11.5 Å². The quantitative estimate of drug-likeness (QED) is 0.880. The molecule has 3 rings (SSSR count). The average Bonchev–Trinajstić information content (AvgIpc) is 2.37. The Bertz CT molecular complexity index is 435. The lowest BCUT2D eigenvalue weighted by Crippen LogP contribution is -2.46. The standard InChI is InChI=1S/C15H22N2S/c16-10-15(6-2-7-15)14(17)12-4-5-13-11(9-12)3-1-8-18-13/h4-5,9,14H,1-3,6-8,10,16-17H2. The number of benzene rings is 1. The van der Waals surface area contributed by atoms with Crippen molar-refractivity contribution in [3.05, 3.63) is 29.3 Å². The van der Waals surface area contributed by atoms with Crippen LogP contribution in [0.25, 0.3) is 0 Å². The van der Waals surface area contributed by atoms with Gasteiger partial charge in [-0.15, -0.1) is 11.8 Å². The first kappa shape index (κ1) is 12.5. The molecule has 3 heteroatoms. The minimum absolute atomic E-state index is 0.119. The highest BCUT2D eigenvalue weighted by atomic mass is 32.2. The van der Waals surface area contributed by atoms with Crippen LogP contribution in [0.3, 0.4) is 0 Å². The number of hydrogen-bond donors (Lipinski definition) is 2. The summed E-state index contributed by atoms with van der Waals surface area (Å²) in [7, 11) is 0. The van der Waals surface area contributed by atoms with Gasteiger partial charge >= 0.3 is 0 Å². The van der Waals surface area contributed by atoms with E-state index in [1.54, 1.807) is 0 Å². The zero-order valence-corrected chi connectivity index (χ0v) is 11.6. The molecule has 1 saturated carbocycles. The molecule has 1 heterocycles. The summed E-state index contributed by atoms with van der Waals surface area (Å²) in [5, 5.41) is 0. The summed E-state index contributed by atoms with van der Waals surface area (Å²) < 4.78 is 0. The Hall–Kier alpha value is -0.510. The van der Waals surface area contributed by atoms with Crippen molar-refractivity contribution in [3.63, 3.8) is 0 Å². The first-order valence-corrected chi connectivity index (χ1v) is 7.95. The third kappa shape index (κ3) is 1.98. The molecule has 0 spiro atoms. The van der Waals surface area contributed by atoms with E-state index in [1.165, 1.54) is 53.9 Å². The van der Waals surface area contributed by atoms with E-state index < -0.39 is 0 Å². The first-order valence-electron chi connectivity index (χ1n) is 6.96. The Balaban J connectivity index is 1.87. The average molecular weight is 262 g/mol. The van der Waals surface area contributed by atoms with Crippen molar-refractivity contribution in [2.24, 2.45) is 16.9 Å². The minimum Gasteiger partial charge on any atom is -0.330 e. The van der Waals surface area contributed by atoms with Crippen LogP contribution in [-0.2, 0) is 6.42 Å². The van der Waals surface area contributed by atoms with E-state index in [4.69, 9.17) is 11.5 Å². The van der Waals surface area contributed by atoms with Crippen molar-refractivity contribution in [1.82, 2.24) is 0 Å². The van der Waals surface area contributed by atoms with Crippen LogP contribution in [0.2, 0.25) is 0 Å². The molecule has 1 aromatic carbocycles. The van der Waals surface area contributed by atoms with Crippen LogP contribution < -0.4 is 11.5 Å². The van der Waals surface area contributed by atoms with Gasteiger partial charge in [-0.3, -0.25) is 0 Å². The predicted molar refractivity (Wildman–Crippen MR) is 77.8 cm³/mol. The van der Waals surface area contributed by atoms with Crippen molar-refractivity contribution < 1.29 is 0 Å². The van der Waals surface area contributed by atoms with Crippen LogP contribution in [-0.4, -0.2) is 12.3 Å². The summed E-state index contributed by atoms with van der Waals surface area (Å²) >= 11 is 1.98. The predicted octanol–water partition coefficient (Wildman–Crippen LogP) is 2.85. The summed E-state index contributed by atoms with van der Waals surface area (Å²) in [6.45, 7) is 0.722. The number of aryl methyl sites for hydroxylation is 1. The molecule has 0 aromatic heterocycles. The summed E-state index contributed by atoms with van der Waals surface area (Å²) in [4.78, 5) is 1.45. The van der Waals surface area contributed by atoms with Crippen molar-refractivity contribution in [2.75, 3.05) is 12.3 Å². The molecule has 1 atom stereocenters. The van der Waals surface area contributed by atoms with E-state index in [2.05, 4.69) is 18.2 Å². The number of nitrogens with two attached hydrogens (primary N) is 2. The Morgan fingerprint density at radius 3 is 2.78 bits per heavy atom. The van der Waals surface area contributed by atoms with Crippen LogP contribution in [0.1, 0.15) is 42.9 Å². The van der Waals surface area contributed by atoms with Gasteiger partial charge in [-0.25, -0.2) is 0 Å². The van der Waals surface area contributed by atoms with Gasteiger partial charge in [-0.1, -0.05) is 18.6 Å². The molecule has 1 aliphatic carbocycles. The van der Waals surface area contributed by atoms with Crippen molar-refractivity contribution in [1.29, 1.82) is 0 Å². The monoisotopic (exact) mass is 262 g/mol. The minimum atomic E-state index is 0.119. The second-order valence-electron chi connectivity index (χ2n) is 5.72. The Kier molecular flexibility index (Phi) is 3.39. The highest BCUT2D eigenvalue weighted by molar-refractivity contribution is 7.99. The largest absolute Gasteiger partial charge is 0.330 e. The molecule has 1 unspecified atom stereocenters. The maximum atomic E-state index is 6.49. The van der Waals surface area contributed by atoms with E-state index in [1.807, 2.05) is 11.8 Å². The van der Waals surface area contributed by atoms with Crippen LogP contribution in [0, 0.1) is 5.41 Å². The SMILES string of the molecule is NCC1(C(N)c2ccc3c(c2)CCCS3)CCC1. The maximum Gasteiger partial charge on any atom is 0.0364 e. The molecule has 1 fully saturated rings. The third-order valence-corrected chi connectivity index (χ3v) is 5.91. The highest BCUT2D eigenvalue weighted by Crippen LogP contribution is 2.48. The van der Waals surface area contributed by atoms with Crippen molar-refractivity contribution in [3.8, 4) is 0 Å². The molecule has 98 valence electrons. The second kappa shape index (κ2) is 4.87. The van der Waals surface area contributed by atoms with Gasteiger partial charge in [0, 0.05) is 16.4 Å². The summed E-state index contributed by atoms with van der Waals surface area (Å²) in [5.74, 6) is 1.26. The fourth-order valence-corrected chi connectivity index (χ4v) is 4.22. The molecule has 0 saturated heterocycles. The molecule has 4 N–H and O–H groups in total. The third-order valence-electron chi connectivity index (χ3n) is 4.71. The Labute approximate surface area is 114 Å². The fraction of sp³-hybridized carbons (Fsp3) is 0.600. The van der Waals surface area contributed by atoms with Crippen LogP contribution in [0.15, 0.2) is 23.1 Å². The van der Waals surface area contributed by atoms with Gasteiger partial charge in [-0.05, 0) is 55.2 Å². The number of fused-ring (bicyclic) bond motifs is 1. The number of thioether (sulfide) groups is 1. The van der Waals surface area contributed by atoms with E-state index in [0.717, 1.165) is 6.54 Å². The van der Waals surface area contributed by atoms with Crippen LogP contribution in [0.4, 0.5) is 0 Å². The molecule has 2 aliphatic rings. The van der Waals surface area contributed by atoms with Gasteiger partial charge in [0.2, 0.25) is 0 Å². The maximum absolute atomic E-state index is 6.49. The number of hydrogen-bond acceptors (Lipinski definition) is 3. The Morgan fingerprint density at radius 1 is 1.28 bits per heavy atom. The molecule has 2 nitrogen and oxygen atoms in total. The van der Waals surface area contributed by atoms with Gasteiger partial charge in [0.1, 0.15) is 0 Å². The van der Waals surface area contributed by atoms with Gasteiger partial charge in [0.25, 0.3) is 0 Å². The highest BCUT2D eigenvalue weighted by Gasteiger charge is 2.41. The molecule has 0 amide bonds. The van der Waals surface area contributed by atoms with Gasteiger partial charge in [0.05, 0.1) is 0 Å². The van der Waals surface area contributed by atoms with E-state index >= 15 is 0 Å². The smallest absolute Gasteiger partial charge is 0.0364 e. The molecular formula is C15H22N2S. The van der Waals surface area contributed by atoms with E-state index in [9.17, 15) is 0 Å². The van der Waals surface area contributed by atoms with Crippen LogP contribution in [0.5, 0.6) is 0 Å².